The average molecular weight is 322 g/mol. The van der Waals surface area contributed by atoms with Crippen LogP contribution in [0.4, 0.5) is 28.8 Å². The van der Waals surface area contributed by atoms with Gasteiger partial charge >= 0.3 is 0 Å². The molecule has 4 N–H and O–H groups in total. The van der Waals surface area contributed by atoms with Crippen molar-refractivity contribution in [2.75, 3.05) is 23.5 Å². The van der Waals surface area contributed by atoms with E-state index >= 15 is 0 Å². The second-order valence-corrected chi connectivity index (χ2v) is 5.18. The highest BCUT2D eigenvalue weighted by atomic mass is 16.5. The molecule has 0 aliphatic rings. The van der Waals surface area contributed by atoms with Gasteiger partial charge in [-0.25, -0.2) is 15.0 Å². The van der Waals surface area contributed by atoms with Gasteiger partial charge in [-0.2, -0.15) is 0 Å². The average Bonchev–Trinajstić information content (AvgIpc) is 2.59. The molecule has 0 spiro atoms. The number of hydrogen-bond acceptors (Lipinski definition) is 7. The van der Waals surface area contributed by atoms with Crippen LogP contribution in [0.5, 0.6) is 5.75 Å². The van der Waals surface area contributed by atoms with Crippen LogP contribution in [-0.2, 0) is 0 Å². The van der Waals surface area contributed by atoms with E-state index in [9.17, 15) is 0 Å². The molecule has 0 saturated carbocycles. The molecule has 0 bridgehead atoms. The fourth-order valence-corrected chi connectivity index (χ4v) is 2.16. The summed E-state index contributed by atoms with van der Waals surface area (Å²) in [6.45, 7) is 1.99. The minimum absolute atomic E-state index is 0.406. The van der Waals surface area contributed by atoms with Crippen LogP contribution in [0.2, 0.25) is 0 Å². The smallest absolute Gasteiger partial charge is 0.160 e. The molecule has 122 valence electrons. The lowest BCUT2D eigenvalue weighted by atomic mass is 10.3. The lowest BCUT2D eigenvalue weighted by Crippen LogP contribution is -2.06. The van der Waals surface area contributed by atoms with Gasteiger partial charge in [-0.15, -0.1) is 0 Å². The summed E-state index contributed by atoms with van der Waals surface area (Å²) < 4.78 is 5.21. The first-order valence-corrected chi connectivity index (χ1v) is 7.37. The molecule has 1 aromatic carbocycles. The van der Waals surface area contributed by atoms with E-state index in [1.54, 1.807) is 13.3 Å². The standard InChI is InChI=1S/C17H18N6O/c1-11-6-7-19-14(8-11)23-17-15(18)16(20-10-21-17)22-12-4-3-5-13(9-12)24-2/h3-10H,18H2,1-2H3,(H2,19,20,21,22,23). The fourth-order valence-electron chi connectivity index (χ4n) is 2.16. The molecule has 7 nitrogen and oxygen atoms in total. The predicted molar refractivity (Wildman–Crippen MR) is 95.0 cm³/mol. The molecule has 0 amide bonds. The number of ether oxygens (including phenoxy) is 1. The van der Waals surface area contributed by atoms with E-state index < -0.39 is 0 Å². The van der Waals surface area contributed by atoms with Crippen molar-refractivity contribution < 1.29 is 4.74 Å². The van der Waals surface area contributed by atoms with Gasteiger partial charge in [0.05, 0.1) is 7.11 Å². The van der Waals surface area contributed by atoms with Crippen LogP contribution in [-0.4, -0.2) is 22.1 Å². The van der Waals surface area contributed by atoms with Crippen LogP contribution >= 0.6 is 0 Å². The summed E-state index contributed by atoms with van der Waals surface area (Å²) in [5.41, 5.74) is 8.50. The van der Waals surface area contributed by atoms with Crippen LogP contribution < -0.4 is 21.1 Å². The molecule has 0 atom stereocenters. The normalized spacial score (nSPS) is 10.2. The summed E-state index contributed by atoms with van der Waals surface area (Å²) in [6, 6.07) is 11.3. The highest BCUT2D eigenvalue weighted by Crippen LogP contribution is 2.28. The van der Waals surface area contributed by atoms with E-state index in [0.29, 0.717) is 23.1 Å². The first-order chi connectivity index (χ1) is 11.7. The number of nitrogens with one attached hydrogen (secondary N) is 2. The Kier molecular flexibility index (Phi) is 4.42. The minimum atomic E-state index is 0.406. The zero-order valence-electron chi connectivity index (χ0n) is 13.4. The Bertz CT molecular complexity index is 852. The Hall–Kier alpha value is -3.35. The minimum Gasteiger partial charge on any atom is -0.497 e. The summed E-state index contributed by atoms with van der Waals surface area (Å²) in [5, 5.41) is 6.28. The lowest BCUT2D eigenvalue weighted by Gasteiger charge is -2.13. The second-order valence-electron chi connectivity index (χ2n) is 5.18. The van der Waals surface area contributed by atoms with E-state index in [4.69, 9.17) is 10.5 Å². The maximum atomic E-state index is 6.18. The largest absolute Gasteiger partial charge is 0.497 e. The van der Waals surface area contributed by atoms with E-state index in [-0.39, 0.29) is 0 Å². The van der Waals surface area contributed by atoms with Gasteiger partial charge in [-0.05, 0) is 36.8 Å². The highest BCUT2D eigenvalue weighted by molar-refractivity contribution is 5.79. The van der Waals surface area contributed by atoms with Gasteiger partial charge < -0.3 is 21.1 Å². The Morgan fingerprint density at radius 2 is 1.79 bits per heavy atom. The number of nitrogen functional groups attached to an aromatic ring is 1. The van der Waals surface area contributed by atoms with Crippen molar-refractivity contribution >= 4 is 28.8 Å². The quantitative estimate of drug-likeness (QED) is 0.663. The van der Waals surface area contributed by atoms with Crippen molar-refractivity contribution in [3.63, 3.8) is 0 Å². The van der Waals surface area contributed by atoms with Crippen molar-refractivity contribution in [2.24, 2.45) is 0 Å². The second kappa shape index (κ2) is 6.82. The van der Waals surface area contributed by atoms with Crippen LogP contribution in [0.15, 0.2) is 48.9 Å². The monoisotopic (exact) mass is 322 g/mol. The number of pyridine rings is 1. The van der Waals surface area contributed by atoms with Gasteiger partial charge in [-0.1, -0.05) is 6.07 Å². The molecule has 3 rings (SSSR count). The SMILES string of the molecule is COc1cccc(Nc2ncnc(Nc3cc(C)ccn3)c2N)c1. The van der Waals surface area contributed by atoms with Crippen molar-refractivity contribution in [2.45, 2.75) is 6.92 Å². The first-order valence-electron chi connectivity index (χ1n) is 7.37. The van der Waals surface area contributed by atoms with Gasteiger partial charge in [0.2, 0.25) is 0 Å². The number of rotatable bonds is 5. The number of anilines is 5. The van der Waals surface area contributed by atoms with Gasteiger partial charge in [0.25, 0.3) is 0 Å². The molecule has 2 heterocycles. The molecule has 3 aromatic rings. The topological polar surface area (TPSA) is 98.0 Å². The number of nitrogens with two attached hydrogens (primary N) is 1. The fraction of sp³-hybridized carbons (Fsp3) is 0.118. The third kappa shape index (κ3) is 3.52. The summed E-state index contributed by atoms with van der Waals surface area (Å²) in [6.07, 6.45) is 3.17. The Morgan fingerprint density at radius 3 is 2.54 bits per heavy atom. The third-order valence-electron chi connectivity index (χ3n) is 3.38. The van der Waals surface area contributed by atoms with Crippen LogP contribution in [0, 0.1) is 6.92 Å². The van der Waals surface area contributed by atoms with Gasteiger partial charge in [0, 0.05) is 18.0 Å². The van der Waals surface area contributed by atoms with Crippen LogP contribution in [0.3, 0.4) is 0 Å². The zero-order valence-corrected chi connectivity index (χ0v) is 13.4. The van der Waals surface area contributed by atoms with Crippen LogP contribution in [0.25, 0.3) is 0 Å². The summed E-state index contributed by atoms with van der Waals surface area (Å²) >= 11 is 0. The number of methoxy groups -OCH3 is 1. The molecule has 24 heavy (non-hydrogen) atoms. The van der Waals surface area contributed by atoms with Gasteiger partial charge in [-0.3, -0.25) is 0 Å². The highest BCUT2D eigenvalue weighted by Gasteiger charge is 2.09. The molecule has 0 saturated heterocycles. The van der Waals surface area contributed by atoms with Crippen molar-refractivity contribution in [1.29, 1.82) is 0 Å². The third-order valence-corrected chi connectivity index (χ3v) is 3.38. The van der Waals surface area contributed by atoms with E-state index in [1.807, 2.05) is 43.3 Å². The summed E-state index contributed by atoms with van der Waals surface area (Å²) in [5.74, 6) is 2.42. The van der Waals surface area contributed by atoms with Crippen LogP contribution in [0.1, 0.15) is 5.56 Å². The Labute approximate surface area is 139 Å². The lowest BCUT2D eigenvalue weighted by molar-refractivity contribution is 0.415. The Balaban J connectivity index is 1.85. The number of benzene rings is 1. The number of hydrogen-bond donors (Lipinski definition) is 3. The van der Waals surface area contributed by atoms with E-state index in [0.717, 1.165) is 17.0 Å². The molecule has 0 aliphatic carbocycles. The molecule has 0 unspecified atom stereocenters. The molecule has 2 aromatic heterocycles. The molecule has 0 fully saturated rings. The van der Waals surface area contributed by atoms with E-state index in [2.05, 4.69) is 25.6 Å². The van der Waals surface area contributed by atoms with Gasteiger partial charge in [0.1, 0.15) is 23.6 Å². The zero-order chi connectivity index (χ0) is 16.9. The number of aryl methyl sites for hydroxylation is 1. The summed E-state index contributed by atoms with van der Waals surface area (Å²) in [4.78, 5) is 12.6. The number of aromatic nitrogens is 3. The maximum Gasteiger partial charge on any atom is 0.160 e. The van der Waals surface area contributed by atoms with Crippen molar-refractivity contribution in [3.05, 3.63) is 54.5 Å². The Morgan fingerprint density at radius 1 is 1.00 bits per heavy atom. The van der Waals surface area contributed by atoms with Crippen molar-refractivity contribution in [1.82, 2.24) is 15.0 Å². The first kappa shape index (κ1) is 15.5. The van der Waals surface area contributed by atoms with Gasteiger partial charge in [0.15, 0.2) is 11.6 Å². The molecule has 7 heteroatoms. The predicted octanol–water partition coefficient (Wildman–Crippen LogP) is 3.26. The number of nitrogens with zero attached hydrogens (tertiary/aromatic N) is 3. The molecule has 0 aliphatic heterocycles. The van der Waals surface area contributed by atoms with Crippen molar-refractivity contribution in [3.8, 4) is 5.75 Å². The molecular formula is C17H18N6O. The summed E-state index contributed by atoms with van der Waals surface area (Å²) in [7, 11) is 1.62. The van der Waals surface area contributed by atoms with E-state index in [1.165, 1.54) is 6.33 Å². The molecular weight excluding hydrogens is 304 g/mol. The maximum absolute atomic E-state index is 6.18. The molecule has 0 radical (unpaired) electrons.